The largest absolute Gasteiger partial charge is 0.324 e. The maximum atomic E-state index is 13.4. The minimum atomic E-state index is -0.790. The summed E-state index contributed by atoms with van der Waals surface area (Å²) in [6.45, 7) is 3.26. The molecule has 1 unspecified atom stereocenters. The number of Topliss-reactive ketones (excluding diaryl/α,β-unsaturated/α-hetero) is 1. The first-order valence-corrected chi connectivity index (χ1v) is 10.9. The Kier molecular flexibility index (Phi) is 5.96. The Hall–Kier alpha value is -3.65. The SMILES string of the molecule is CCC(C(=O)Nc1cccc(C(C)=O)c1)n1cnc2scc(-c3ccc(F)cc3)c2c1=O. The van der Waals surface area contributed by atoms with Gasteiger partial charge in [0.1, 0.15) is 16.7 Å². The van der Waals surface area contributed by atoms with Gasteiger partial charge in [0.2, 0.25) is 5.91 Å². The summed E-state index contributed by atoms with van der Waals surface area (Å²) in [6.07, 6.45) is 1.75. The van der Waals surface area contributed by atoms with Crippen molar-refractivity contribution in [2.24, 2.45) is 0 Å². The number of ketones is 1. The minimum Gasteiger partial charge on any atom is -0.324 e. The third-order valence-corrected chi connectivity index (χ3v) is 6.12. The van der Waals surface area contributed by atoms with Gasteiger partial charge in [0.25, 0.3) is 5.56 Å². The van der Waals surface area contributed by atoms with E-state index in [9.17, 15) is 18.8 Å². The zero-order valence-electron chi connectivity index (χ0n) is 17.5. The van der Waals surface area contributed by atoms with E-state index < -0.39 is 6.04 Å². The predicted molar refractivity (Wildman–Crippen MR) is 124 cm³/mol. The molecule has 0 spiro atoms. The summed E-state index contributed by atoms with van der Waals surface area (Å²) in [7, 11) is 0. The Morgan fingerprint density at radius 2 is 1.94 bits per heavy atom. The number of aromatic nitrogens is 2. The first-order chi connectivity index (χ1) is 15.4. The van der Waals surface area contributed by atoms with Gasteiger partial charge in [-0.25, -0.2) is 9.37 Å². The summed E-state index contributed by atoms with van der Waals surface area (Å²) in [4.78, 5) is 43.0. The number of hydrogen-bond donors (Lipinski definition) is 1. The van der Waals surface area contributed by atoms with Gasteiger partial charge in [-0.2, -0.15) is 0 Å². The zero-order valence-corrected chi connectivity index (χ0v) is 18.3. The highest BCUT2D eigenvalue weighted by Crippen LogP contribution is 2.31. The van der Waals surface area contributed by atoms with Gasteiger partial charge in [-0.15, -0.1) is 11.3 Å². The lowest BCUT2D eigenvalue weighted by Gasteiger charge is -2.18. The Labute approximate surface area is 187 Å². The van der Waals surface area contributed by atoms with Crippen LogP contribution in [0, 0.1) is 5.82 Å². The van der Waals surface area contributed by atoms with Gasteiger partial charge in [0.15, 0.2) is 5.78 Å². The van der Waals surface area contributed by atoms with Crippen molar-refractivity contribution >= 4 is 38.9 Å². The molecule has 1 N–H and O–H groups in total. The van der Waals surface area contributed by atoms with E-state index in [4.69, 9.17) is 0 Å². The number of anilines is 1. The molecule has 2 aromatic carbocycles. The fraction of sp³-hybridized carbons (Fsp3) is 0.167. The molecular formula is C24H20FN3O3S. The highest BCUT2D eigenvalue weighted by molar-refractivity contribution is 7.17. The van der Waals surface area contributed by atoms with Crippen molar-refractivity contribution in [3.8, 4) is 11.1 Å². The van der Waals surface area contributed by atoms with E-state index in [1.165, 1.54) is 41.3 Å². The van der Waals surface area contributed by atoms with Crippen molar-refractivity contribution in [1.82, 2.24) is 9.55 Å². The minimum absolute atomic E-state index is 0.107. The van der Waals surface area contributed by atoms with Gasteiger partial charge in [-0.3, -0.25) is 19.0 Å². The second kappa shape index (κ2) is 8.84. The first kappa shape index (κ1) is 21.6. The van der Waals surface area contributed by atoms with Crippen LogP contribution >= 0.6 is 11.3 Å². The third-order valence-electron chi connectivity index (χ3n) is 5.24. The van der Waals surface area contributed by atoms with Gasteiger partial charge in [-0.1, -0.05) is 31.2 Å². The topological polar surface area (TPSA) is 81.1 Å². The van der Waals surface area contributed by atoms with Crippen molar-refractivity contribution in [1.29, 1.82) is 0 Å². The molecule has 2 aromatic heterocycles. The van der Waals surface area contributed by atoms with E-state index in [1.807, 2.05) is 5.38 Å². The fourth-order valence-corrected chi connectivity index (χ4v) is 4.47. The van der Waals surface area contributed by atoms with Crippen molar-refractivity contribution in [2.45, 2.75) is 26.3 Å². The van der Waals surface area contributed by atoms with Crippen LogP contribution in [-0.4, -0.2) is 21.2 Å². The van der Waals surface area contributed by atoms with E-state index in [-0.39, 0.29) is 23.1 Å². The zero-order chi connectivity index (χ0) is 22.8. The van der Waals surface area contributed by atoms with Crippen LogP contribution in [0.3, 0.4) is 0 Å². The van der Waals surface area contributed by atoms with E-state index in [0.29, 0.717) is 39.0 Å². The molecule has 162 valence electrons. The van der Waals surface area contributed by atoms with E-state index in [0.717, 1.165) is 0 Å². The quantitative estimate of drug-likeness (QED) is 0.418. The van der Waals surface area contributed by atoms with Crippen LogP contribution in [0.1, 0.15) is 36.7 Å². The molecule has 0 aliphatic heterocycles. The van der Waals surface area contributed by atoms with Crippen molar-refractivity contribution in [3.05, 3.63) is 82.0 Å². The molecule has 2 heterocycles. The number of benzene rings is 2. The molecular weight excluding hydrogens is 429 g/mol. The number of nitrogens with one attached hydrogen (secondary N) is 1. The number of carbonyl (C=O) groups is 2. The van der Waals surface area contributed by atoms with Crippen LogP contribution in [0.2, 0.25) is 0 Å². The van der Waals surface area contributed by atoms with Gasteiger partial charge < -0.3 is 5.32 Å². The van der Waals surface area contributed by atoms with Crippen LogP contribution in [0.5, 0.6) is 0 Å². The van der Waals surface area contributed by atoms with Crippen LogP contribution in [-0.2, 0) is 4.79 Å². The van der Waals surface area contributed by atoms with Crippen LogP contribution in [0.15, 0.2) is 65.0 Å². The van der Waals surface area contributed by atoms with Gasteiger partial charge in [0, 0.05) is 22.2 Å². The lowest BCUT2D eigenvalue weighted by molar-refractivity contribution is -0.119. The third kappa shape index (κ3) is 4.09. The summed E-state index contributed by atoms with van der Waals surface area (Å²) in [5.41, 5.74) is 1.98. The number of rotatable bonds is 6. The predicted octanol–water partition coefficient (Wildman–Crippen LogP) is 5.06. The monoisotopic (exact) mass is 449 g/mol. The number of amides is 1. The molecule has 0 bridgehead atoms. The smallest absolute Gasteiger partial charge is 0.263 e. The Morgan fingerprint density at radius 1 is 1.19 bits per heavy atom. The van der Waals surface area contributed by atoms with Gasteiger partial charge in [-0.05, 0) is 43.2 Å². The second-order valence-electron chi connectivity index (χ2n) is 7.34. The van der Waals surface area contributed by atoms with Crippen molar-refractivity contribution in [3.63, 3.8) is 0 Å². The molecule has 0 saturated carbocycles. The number of hydrogen-bond acceptors (Lipinski definition) is 5. The lowest BCUT2D eigenvalue weighted by atomic mass is 10.1. The number of carbonyl (C=O) groups excluding carboxylic acids is 2. The molecule has 0 radical (unpaired) electrons. The molecule has 1 atom stereocenters. The normalized spacial score (nSPS) is 12.0. The van der Waals surface area contributed by atoms with Crippen molar-refractivity contribution in [2.75, 3.05) is 5.32 Å². The number of fused-ring (bicyclic) bond motifs is 1. The molecule has 6 nitrogen and oxygen atoms in total. The lowest BCUT2D eigenvalue weighted by Crippen LogP contribution is -2.33. The van der Waals surface area contributed by atoms with Crippen LogP contribution < -0.4 is 10.9 Å². The van der Waals surface area contributed by atoms with E-state index in [1.54, 1.807) is 43.3 Å². The van der Waals surface area contributed by atoms with Gasteiger partial charge >= 0.3 is 0 Å². The second-order valence-corrected chi connectivity index (χ2v) is 8.20. The Balaban J connectivity index is 1.72. The molecule has 0 aliphatic carbocycles. The Bertz CT molecular complexity index is 1380. The van der Waals surface area contributed by atoms with E-state index >= 15 is 0 Å². The maximum absolute atomic E-state index is 13.4. The van der Waals surface area contributed by atoms with E-state index in [2.05, 4.69) is 10.3 Å². The summed E-state index contributed by atoms with van der Waals surface area (Å²) in [5.74, 6) is -0.847. The molecule has 8 heteroatoms. The van der Waals surface area contributed by atoms with Gasteiger partial charge in [0.05, 0.1) is 11.7 Å². The molecule has 32 heavy (non-hydrogen) atoms. The van der Waals surface area contributed by atoms with Crippen LogP contribution in [0.4, 0.5) is 10.1 Å². The average molecular weight is 450 g/mol. The van der Waals surface area contributed by atoms with Crippen molar-refractivity contribution < 1.29 is 14.0 Å². The Morgan fingerprint density at radius 3 is 2.62 bits per heavy atom. The number of thiophene rings is 1. The average Bonchev–Trinajstić information content (AvgIpc) is 3.21. The molecule has 4 aromatic rings. The molecule has 0 saturated heterocycles. The summed E-state index contributed by atoms with van der Waals surface area (Å²) in [5, 5.41) is 5.00. The first-order valence-electron chi connectivity index (χ1n) is 10.0. The highest BCUT2D eigenvalue weighted by Gasteiger charge is 2.23. The summed E-state index contributed by atoms with van der Waals surface area (Å²) >= 11 is 1.32. The highest BCUT2D eigenvalue weighted by atomic mass is 32.1. The number of nitrogens with zero attached hydrogens (tertiary/aromatic N) is 2. The fourth-order valence-electron chi connectivity index (χ4n) is 3.56. The molecule has 0 fully saturated rings. The van der Waals surface area contributed by atoms with Crippen LogP contribution in [0.25, 0.3) is 21.3 Å². The molecule has 1 amide bonds. The standard InChI is InChI=1S/C24H20FN3O3S/c1-3-20(22(30)27-18-6-4-5-16(11-18)14(2)29)28-13-26-23-21(24(28)31)19(12-32-23)15-7-9-17(25)10-8-15/h4-13,20H,3H2,1-2H3,(H,27,30). The maximum Gasteiger partial charge on any atom is 0.263 e. The molecule has 4 rings (SSSR count). The molecule has 0 aliphatic rings. The summed E-state index contributed by atoms with van der Waals surface area (Å²) < 4.78 is 14.7. The summed E-state index contributed by atoms with van der Waals surface area (Å²) in [6, 6.07) is 11.8. The number of halogens is 1.